The Morgan fingerprint density at radius 3 is 2.64 bits per heavy atom. The SMILES string of the molecule is C[C@@H]1Cc2cc(Br)ccc2N1C(=O)[C@H]1CCCN(S(=O)(=O)c2ccccc2)C1. The van der Waals surface area contributed by atoms with E-state index in [0.717, 1.165) is 22.1 Å². The minimum Gasteiger partial charge on any atom is -0.309 e. The Bertz CT molecular complexity index is 994. The van der Waals surface area contributed by atoms with Gasteiger partial charge in [-0.2, -0.15) is 4.31 Å². The van der Waals surface area contributed by atoms with Crippen molar-refractivity contribution in [1.29, 1.82) is 0 Å². The highest BCUT2D eigenvalue weighted by Crippen LogP contribution is 2.36. The summed E-state index contributed by atoms with van der Waals surface area (Å²) in [6.45, 7) is 2.75. The molecule has 0 N–H and O–H groups in total. The zero-order chi connectivity index (χ0) is 19.9. The summed E-state index contributed by atoms with van der Waals surface area (Å²) in [5.74, 6) is -0.286. The van der Waals surface area contributed by atoms with Crippen molar-refractivity contribution in [2.75, 3.05) is 18.0 Å². The number of sulfonamides is 1. The van der Waals surface area contributed by atoms with Crippen molar-refractivity contribution in [2.24, 2.45) is 5.92 Å². The van der Waals surface area contributed by atoms with E-state index in [1.807, 2.05) is 24.0 Å². The van der Waals surface area contributed by atoms with Crippen molar-refractivity contribution >= 4 is 37.5 Å². The van der Waals surface area contributed by atoms with Crippen molar-refractivity contribution in [1.82, 2.24) is 4.31 Å². The number of carbonyl (C=O) groups excluding carboxylic acids is 1. The number of hydrogen-bond acceptors (Lipinski definition) is 3. The van der Waals surface area contributed by atoms with E-state index < -0.39 is 10.0 Å². The molecule has 2 atom stereocenters. The molecule has 2 aliphatic rings. The van der Waals surface area contributed by atoms with Crippen LogP contribution in [0.5, 0.6) is 0 Å². The van der Waals surface area contributed by atoms with Crippen molar-refractivity contribution in [2.45, 2.75) is 37.1 Å². The molecule has 0 radical (unpaired) electrons. The summed E-state index contributed by atoms with van der Waals surface area (Å²) in [6.07, 6.45) is 2.23. The molecule has 2 aromatic carbocycles. The fourth-order valence-electron chi connectivity index (χ4n) is 4.24. The van der Waals surface area contributed by atoms with Crippen LogP contribution in [-0.4, -0.2) is 37.8 Å². The van der Waals surface area contributed by atoms with Gasteiger partial charge in [-0.05, 0) is 62.1 Å². The first-order valence-corrected chi connectivity index (χ1v) is 11.8. The first kappa shape index (κ1) is 19.6. The Morgan fingerprint density at radius 1 is 1.14 bits per heavy atom. The molecule has 0 saturated carbocycles. The van der Waals surface area contributed by atoms with Crippen LogP contribution in [0.4, 0.5) is 5.69 Å². The van der Waals surface area contributed by atoms with Crippen LogP contribution < -0.4 is 4.90 Å². The molecule has 7 heteroatoms. The number of rotatable bonds is 3. The lowest BCUT2D eigenvalue weighted by Gasteiger charge is -2.34. The maximum Gasteiger partial charge on any atom is 0.243 e. The summed E-state index contributed by atoms with van der Waals surface area (Å²) in [7, 11) is -3.58. The number of benzene rings is 2. The summed E-state index contributed by atoms with van der Waals surface area (Å²) in [5.41, 5.74) is 2.10. The normalized spacial score (nSPS) is 22.9. The molecule has 0 aliphatic carbocycles. The molecule has 0 spiro atoms. The van der Waals surface area contributed by atoms with Crippen molar-refractivity contribution in [3.8, 4) is 0 Å². The smallest absolute Gasteiger partial charge is 0.243 e. The molecule has 2 aliphatic heterocycles. The summed E-state index contributed by atoms with van der Waals surface area (Å²) < 4.78 is 28.4. The highest BCUT2D eigenvalue weighted by molar-refractivity contribution is 9.10. The van der Waals surface area contributed by atoms with Crippen LogP contribution in [0.3, 0.4) is 0 Å². The van der Waals surface area contributed by atoms with Crippen LogP contribution in [0.1, 0.15) is 25.3 Å². The number of anilines is 1. The van der Waals surface area contributed by atoms with Gasteiger partial charge in [-0.1, -0.05) is 34.1 Å². The van der Waals surface area contributed by atoms with Gasteiger partial charge in [-0.15, -0.1) is 0 Å². The third-order valence-corrected chi connectivity index (χ3v) is 7.98. The Kier molecular flexibility index (Phi) is 5.33. The molecule has 148 valence electrons. The minimum absolute atomic E-state index is 0.0292. The van der Waals surface area contributed by atoms with E-state index in [1.165, 1.54) is 4.31 Å². The Labute approximate surface area is 174 Å². The van der Waals surface area contributed by atoms with E-state index in [1.54, 1.807) is 30.3 Å². The Balaban J connectivity index is 1.57. The van der Waals surface area contributed by atoms with Gasteiger partial charge >= 0.3 is 0 Å². The lowest BCUT2D eigenvalue weighted by Crippen LogP contribution is -2.48. The van der Waals surface area contributed by atoms with E-state index in [4.69, 9.17) is 0 Å². The molecule has 0 aromatic heterocycles. The maximum atomic E-state index is 13.4. The van der Waals surface area contributed by atoms with Gasteiger partial charge in [0.05, 0.1) is 10.8 Å². The third-order valence-electron chi connectivity index (χ3n) is 5.61. The van der Waals surface area contributed by atoms with Crippen LogP contribution in [0.15, 0.2) is 57.9 Å². The van der Waals surface area contributed by atoms with E-state index in [9.17, 15) is 13.2 Å². The number of piperidine rings is 1. The highest BCUT2D eigenvalue weighted by atomic mass is 79.9. The highest BCUT2D eigenvalue weighted by Gasteiger charge is 2.39. The van der Waals surface area contributed by atoms with Gasteiger partial charge in [-0.3, -0.25) is 4.79 Å². The topological polar surface area (TPSA) is 57.7 Å². The number of amides is 1. The Morgan fingerprint density at radius 2 is 1.89 bits per heavy atom. The van der Waals surface area contributed by atoms with Gasteiger partial charge < -0.3 is 4.90 Å². The number of fused-ring (bicyclic) bond motifs is 1. The molecular weight excluding hydrogens is 440 g/mol. The zero-order valence-corrected chi connectivity index (χ0v) is 18.1. The van der Waals surface area contributed by atoms with Gasteiger partial charge in [0, 0.05) is 29.3 Å². The van der Waals surface area contributed by atoms with Crippen molar-refractivity contribution in [3.05, 3.63) is 58.6 Å². The first-order chi connectivity index (χ1) is 13.4. The van der Waals surface area contributed by atoms with Crippen molar-refractivity contribution < 1.29 is 13.2 Å². The second-order valence-corrected chi connectivity index (χ2v) is 10.4. The predicted octanol–water partition coefficient (Wildman–Crippen LogP) is 3.83. The third kappa shape index (κ3) is 3.51. The van der Waals surface area contributed by atoms with Crippen LogP contribution in [0.2, 0.25) is 0 Å². The molecular formula is C21H23BrN2O3S. The molecule has 4 rings (SSSR count). The van der Waals surface area contributed by atoms with Gasteiger partial charge in [0.15, 0.2) is 0 Å². The quantitative estimate of drug-likeness (QED) is 0.696. The summed E-state index contributed by atoms with van der Waals surface area (Å²) >= 11 is 3.49. The van der Waals surface area contributed by atoms with Crippen LogP contribution in [0, 0.1) is 5.92 Å². The molecule has 0 unspecified atom stereocenters. The van der Waals surface area contributed by atoms with E-state index in [0.29, 0.717) is 19.4 Å². The van der Waals surface area contributed by atoms with Gasteiger partial charge in [0.1, 0.15) is 0 Å². The van der Waals surface area contributed by atoms with Gasteiger partial charge in [0.2, 0.25) is 15.9 Å². The molecule has 1 amide bonds. The molecule has 28 heavy (non-hydrogen) atoms. The number of hydrogen-bond donors (Lipinski definition) is 0. The lowest BCUT2D eigenvalue weighted by molar-refractivity contribution is -0.123. The largest absolute Gasteiger partial charge is 0.309 e. The van der Waals surface area contributed by atoms with E-state index >= 15 is 0 Å². The van der Waals surface area contributed by atoms with E-state index in [-0.39, 0.29) is 29.3 Å². The standard InChI is InChI=1S/C21H23BrN2O3S/c1-15-12-17-13-18(22)9-10-20(17)24(15)21(25)16-6-5-11-23(14-16)28(26,27)19-7-3-2-4-8-19/h2-4,7-10,13,15-16H,5-6,11-12,14H2,1H3/t15-,16+/m1/s1. The van der Waals surface area contributed by atoms with Gasteiger partial charge in [0.25, 0.3) is 0 Å². The number of carbonyl (C=O) groups is 1. The lowest BCUT2D eigenvalue weighted by atomic mass is 9.97. The molecule has 2 aromatic rings. The summed E-state index contributed by atoms with van der Waals surface area (Å²) in [6, 6.07) is 14.5. The average molecular weight is 463 g/mol. The van der Waals surface area contributed by atoms with Gasteiger partial charge in [-0.25, -0.2) is 8.42 Å². The summed E-state index contributed by atoms with van der Waals surface area (Å²) in [4.78, 5) is 15.5. The van der Waals surface area contributed by atoms with E-state index in [2.05, 4.69) is 22.0 Å². The molecule has 2 heterocycles. The molecule has 5 nitrogen and oxygen atoms in total. The number of halogens is 1. The molecule has 1 fully saturated rings. The first-order valence-electron chi connectivity index (χ1n) is 9.54. The number of nitrogens with zero attached hydrogens (tertiary/aromatic N) is 2. The second-order valence-electron chi connectivity index (χ2n) is 7.55. The van der Waals surface area contributed by atoms with Crippen LogP contribution in [-0.2, 0) is 21.2 Å². The zero-order valence-electron chi connectivity index (χ0n) is 15.7. The Hall–Kier alpha value is -1.70. The maximum absolute atomic E-state index is 13.4. The minimum atomic E-state index is -3.58. The van der Waals surface area contributed by atoms with Crippen molar-refractivity contribution in [3.63, 3.8) is 0 Å². The average Bonchev–Trinajstić information content (AvgIpc) is 3.03. The molecule has 0 bridgehead atoms. The fourth-order valence-corrected chi connectivity index (χ4v) is 6.19. The second kappa shape index (κ2) is 7.61. The molecule has 1 saturated heterocycles. The fraction of sp³-hybridized carbons (Fsp3) is 0.381. The van der Waals surface area contributed by atoms with Crippen LogP contribution >= 0.6 is 15.9 Å². The predicted molar refractivity (Wildman–Crippen MR) is 113 cm³/mol. The monoisotopic (exact) mass is 462 g/mol. The summed E-state index contributed by atoms with van der Waals surface area (Å²) in [5, 5.41) is 0. The van der Waals surface area contributed by atoms with Crippen LogP contribution in [0.25, 0.3) is 0 Å².